The number of carbonyl (C=O) groups is 1. The van der Waals surface area contributed by atoms with Crippen LogP contribution in [0.25, 0.3) is 0 Å². The highest BCUT2D eigenvalue weighted by Gasteiger charge is 2.36. The van der Waals surface area contributed by atoms with E-state index in [4.69, 9.17) is 4.74 Å². The van der Waals surface area contributed by atoms with E-state index in [2.05, 4.69) is 0 Å². The predicted octanol–water partition coefficient (Wildman–Crippen LogP) is 4.79. The van der Waals surface area contributed by atoms with Crippen LogP contribution < -0.4 is 9.64 Å². The summed E-state index contributed by atoms with van der Waals surface area (Å²) in [5, 5.41) is 0. The number of ketones is 1. The van der Waals surface area contributed by atoms with Crippen molar-refractivity contribution in [1.29, 1.82) is 0 Å². The molecule has 0 aromatic heterocycles. The number of rotatable bonds is 4. The van der Waals surface area contributed by atoms with E-state index in [1.807, 2.05) is 6.92 Å². The van der Waals surface area contributed by atoms with Gasteiger partial charge in [0.25, 0.3) is 0 Å². The quantitative estimate of drug-likeness (QED) is 0.446. The van der Waals surface area contributed by atoms with Crippen molar-refractivity contribution in [2.75, 3.05) is 12.0 Å². The first-order valence-electron chi connectivity index (χ1n) is 9.12. The number of carbonyl (C=O) groups excluding carboxylic acids is 1. The van der Waals surface area contributed by atoms with Gasteiger partial charge in [0, 0.05) is 23.5 Å². The van der Waals surface area contributed by atoms with Gasteiger partial charge < -0.3 is 9.64 Å². The number of hydrogen-bond acceptors (Lipinski definition) is 5. The number of allylic oxidation sites excluding steroid dienone is 1. The van der Waals surface area contributed by atoms with E-state index in [0.717, 1.165) is 17.7 Å². The van der Waals surface area contributed by atoms with Crippen LogP contribution in [-0.2, 0) is 9.84 Å². The summed E-state index contributed by atoms with van der Waals surface area (Å²) in [4.78, 5) is 14.1. The first-order chi connectivity index (χ1) is 14.3. The number of Topliss-reactive ketones (excluding diaryl/α,β-unsaturated/α-hetero) is 1. The summed E-state index contributed by atoms with van der Waals surface area (Å²) in [6.07, 6.45) is 1.24. The number of nitrogens with zero attached hydrogens (tertiary/aromatic N) is 1. The molecule has 0 saturated heterocycles. The van der Waals surface area contributed by atoms with Crippen LogP contribution in [0.3, 0.4) is 0 Å². The summed E-state index contributed by atoms with van der Waals surface area (Å²) in [5.74, 6) is -0.671. The van der Waals surface area contributed by atoms with Crippen LogP contribution in [0.1, 0.15) is 15.9 Å². The van der Waals surface area contributed by atoms with Gasteiger partial charge in [0.2, 0.25) is 15.6 Å². The number of halogens is 1. The summed E-state index contributed by atoms with van der Waals surface area (Å²) in [5.41, 5.74) is 1.87. The maximum absolute atomic E-state index is 14.0. The molecule has 5 nitrogen and oxygen atoms in total. The standard InChI is InChI=1S/C23H18FNO4S/c1-15-6-8-16(9-7-15)23(26)22-14-25(18-4-3-5-19(13-18)29-2)20-12-17(24)10-11-21(20)30(22,27)28/h3-14H,1-2H3. The van der Waals surface area contributed by atoms with Gasteiger partial charge in [-0.15, -0.1) is 0 Å². The molecule has 0 aliphatic carbocycles. The lowest BCUT2D eigenvalue weighted by Crippen LogP contribution is -2.26. The molecule has 3 aromatic rings. The van der Waals surface area contributed by atoms with Gasteiger partial charge in [0.1, 0.15) is 16.5 Å². The van der Waals surface area contributed by atoms with E-state index in [9.17, 15) is 17.6 Å². The van der Waals surface area contributed by atoms with E-state index in [0.29, 0.717) is 11.4 Å². The van der Waals surface area contributed by atoms with Crippen molar-refractivity contribution in [3.63, 3.8) is 0 Å². The Bertz CT molecular complexity index is 1280. The molecular formula is C23H18FNO4S. The molecule has 0 bridgehead atoms. The van der Waals surface area contributed by atoms with Crippen molar-refractivity contribution in [1.82, 2.24) is 0 Å². The number of methoxy groups -OCH3 is 1. The molecule has 0 radical (unpaired) electrons. The Hall–Kier alpha value is -3.45. The minimum atomic E-state index is -4.14. The normalized spacial score (nSPS) is 14.6. The molecule has 7 heteroatoms. The summed E-state index contributed by atoms with van der Waals surface area (Å²) in [6, 6.07) is 16.9. The maximum atomic E-state index is 14.0. The van der Waals surface area contributed by atoms with Gasteiger partial charge in [-0.2, -0.15) is 0 Å². The van der Waals surface area contributed by atoms with E-state index in [-0.39, 0.29) is 21.1 Å². The van der Waals surface area contributed by atoms with Crippen LogP contribution in [0, 0.1) is 12.7 Å². The first kappa shape index (κ1) is 19.8. The molecule has 1 heterocycles. The van der Waals surface area contributed by atoms with Crippen LogP contribution >= 0.6 is 0 Å². The lowest BCUT2D eigenvalue weighted by atomic mass is 10.1. The number of sulfone groups is 1. The third kappa shape index (κ3) is 3.37. The molecule has 0 amide bonds. The van der Waals surface area contributed by atoms with Crippen molar-refractivity contribution in [2.24, 2.45) is 0 Å². The van der Waals surface area contributed by atoms with Crippen LogP contribution in [-0.4, -0.2) is 21.3 Å². The Kier molecular flexibility index (Phi) is 4.91. The second-order valence-corrected chi connectivity index (χ2v) is 8.76. The number of fused-ring (bicyclic) bond motifs is 1. The molecule has 0 atom stereocenters. The molecular weight excluding hydrogens is 405 g/mol. The summed E-state index contributed by atoms with van der Waals surface area (Å²) >= 11 is 0. The van der Waals surface area contributed by atoms with Gasteiger partial charge in [0.15, 0.2) is 0 Å². The number of ether oxygens (including phenoxy) is 1. The molecule has 152 valence electrons. The van der Waals surface area contributed by atoms with Gasteiger partial charge in [-0.25, -0.2) is 12.8 Å². The Morgan fingerprint density at radius 3 is 2.43 bits per heavy atom. The van der Waals surface area contributed by atoms with Crippen LogP contribution in [0.4, 0.5) is 15.8 Å². The SMILES string of the molecule is COc1cccc(N2C=C(C(=O)c3ccc(C)cc3)S(=O)(=O)c3ccc(F)cc32)c1. The molecule has 0 spiro atoms. The summed E-state index contributed by atoms with van der Waals surface area (Å²) < 4.78 is 45.7. The predicted molar refractivity (Wildman–Crippen MR) is 112 cm³/mol. The molecule has 1 aliphatic heterocycles. The van der Waals surface area contributed by atoms with E-state index in [1.54, 1.807) is 48.5 Å². The molecule has 0 fully saturated rings. The van der Waals surface area contributed by atoms with Gasteiger partial charge in [0.05, 0.1) is 17.7 Å². The van der Waals surface area contributed by atoms with Gasteiger partial charge in [-0.05, 0) is 37.3 Å². The minimum Gasteiger partial charge on any atom is -0.497 e. The van der Waals surface area contributed by atoms with Gasteiger partial charge >= 0.3 is 0 Å². The van der Waals surface area contributed by atoms with Gasteiger partial charge in [-0.1, -0.05) is 35.9 Å². The van der Waals surface area contributed by atoms with Crippen LogP contribution in [0.2, 0.25) is 0 Å². The second kappa shape index (κ2) is 7.42. The summed E-state index contributed by atoms with van der Waals surface area (Å²) in [7, 11) is -2.63. The fourth-order valence-electron chi connectivity index (χ4n) is 3.28. The topological polar surface area (TPSA) is 63.7 Å². The zero-order valence-corrected chi connectivity index (χ0v) is 17.1. The number of benzene rings is 3. The Morgan fingerprint density at radius 1 is 1.00 bits per heavy atom. The van der Waals surface area contributed by atoms with E-state index in [1.165, 1.54) is 24.3 Å². The third-order valence-corrected chi connectivity index (χ3v) is 6.67. The molecule has 0 unspecified atom stereocenters. The largest absolute Gasteiger partial charge is 0.497 e. The highest BCUT2D eigenvalue weighted by Crippen LogP contribution is 2.41. The van der Waals surface area contributed by atoms with Crippen molar-refractivity contribution in [3.8, 4) is 5.75 Å². The second-order valence-electron chi connectivity index (χ2n) is 6.88. The minimum absolute atomic E-state index is 0.128. The van der Waals surface area contributed by atoms with Crippen molar-refractivity contribution >= 4 is 27.0 Å². The third-order valence-electron chi connectivity index (χ3n) is 4.87. The number of hydrogen-bond donors (Lipinski definition) is 0. The monoisotopic (exact) mass is 423 g/mol. The average Bonchev–Trinajstić information content (AvgIpc) is 2.73. The van der Waals surface area contributed by atoms with Crippen LogP contribution in [0.15, 0.2) is 82.7 Å². The lowest BCUT2D eigenvalue weighted by Gasteiger charge is -2.29. The molecule has 4 rings (SSSR count). The van der Waals surface area contributed by atoms with Crippen LogP contribution in [0.5, 0.6) is 5.75 Å². The van der Waals surface area contributed by atoms with E-state index >= 15 is 0 Å². The molecule has 30 heavy (non-hydrogen) atoms. The highest BCUT2D eigenvalue weighted by atomic mass is 32.2. The van der Waals surface area contributed by atoms with Crippen molar-refractivity contribution < 1.29 is 22.3 Å². The smallest absolute Gasteiger partial charge is 0.214 e. The van der Waals surface area contributed by atoms with Crippen molar-refractivity contribution in [2.45, 2.75) is 11.8 Å². The zero-order chi connectivity index (χ0) is 21.5. The molecule has 0 N–H and O–H groups in total. The maximum Gasteiger partial charge on any atom is 0.214 e. The average molecular weight is 423 g/mol. The first-order valence-corrected chi connectivity index (χ1v) is 10.6. The van der Waals surface area contributed by atoms with Crippen molar-refractivity contribution in [3.05, 3.63) is 94.8 Å². The Morgan fingerprint density at radius 2 is 1.73 bits per heavy atom. The molecule has 0 saturated carbocycles. The molecule has 1 aliphatic rings. The van der Waals surface area contributed by atoms with Gasteiger partial charge in [-0.3, -0.25) is 4.79 Å². The lowest BCUT2D eigenvalue weighted by molar-refractivity contribution is 0.104. The number of anilines is 2. The molecule has 3 aromatic carbocycles. The fourth-order valence-corrected chi connectivity index (χ4v) is 4.81. The summed E-state index contributed by atoms with van der Waals surface area (Å²) in [6.45, 7) is 1.88. The Balaban J connectivity index is 1.93. The number of aryl methyl sites for hydroxylation is 1. The zero-order valence-electron chi connectivity index (χ0n) is 16.3. The van der Waals surface area contributed by atoms with E-state index < -0.39 is 21.4 Å². The Labute approximate surface area is 174 Å². The highest BCUT2D eigenvalue weighted by molar-refractivity contribution is 7.96. The fraction of sp³-hybridized carbons (Fsp3) is 0.0870.